The first-order valence-electron chi connectivity index (χ1n) is 8.85. The Kier molecular flexibility index (Phi) is 4.89. The van der Waals surface area contributed by atoms with Crippen molar-refractivity contribution in [1.82, 2.24) is 19.6 Å². The summed E-state index contributed by atoms with van der Waals surface area (Å²) >= 11 is 0. The van der Waals surface area contributed by atoms with Crippen LogP contribution in [0.5, 0.6) is 0 Å². The topological polar surface area (TPSA) is 13.0 Å². The van der Waals surface area contributed by atoms with Gasteiger partial charge in [-0.05, 0) is 86.0 Å². The van der Waals surface area contributed by atoms with E-state index in [1.54, 1.807) is 0 Å². The van der Waals surface area contributed by atoms with Crippen LogP contribution in [0.25, 0.3) is 0 Å². The minimum atomic E-state index is 0.880. The number of piperidine rings is 1. The average Bonchev–Trinajstić information content (AvgIpc) is 3.11. The van der Waals surface area contributed by atoms with Crippen molar-refractivity contribution >= 4 is 0 Å². The van der Waals surface area contributed by atoms with E-state index in [1.807, 2.05) is 0 Å². The fourth-order valence-electron chi connectivity index (χ4n) is 5.02. The predicted octanol–water partition coefficient (Wildman–Crippen LogP) is 1.04. The second-order valence-corrected chi connectivity index (χ2v) is 7.82. The van der Waals surface area contributed by atoms with E-state index < -0.39 is 0 Å². The van der Waals surface area contributed by atoms with E-state index in [4.69, 9.17) is 0 Å². The molecule has 4 rings (SSSR count). The van der Waals surface area contributed by atoms with Gasteiger partial charge in [-0.2, -0.15) is 0 Å². The van der Waals surface area contributed by atoms with Gasteiger partial charge < -0.3 is 19.6 Å². The highest BCUT2D eigenvalue weighted by atomic mass is 15.3. The van der Waals surface area contributed by atoms with E-state index in [0.29, 0.717) is 0 Å². The number of nitrogens with zero attached hydrogens (tertiary/aromatic N) is 4. The summed E-state index contributed by atoms with van der Waals surface area (Å²) in [4.78, 5) is 10.0. The first-order valence-corrected chi connectivity index (χ1v) is 8.85. The monoisotopic (exact) mass is 294 g/mol. The molecule has 122 valence electrons. The molecule has 0 aromatic carbocycles. The maximum atomic E-state index is 2.54. The van der Waals surface area contributed by atoms with Crippen LogP contribution in [-0.2, 0) is 0 Å². The smallest absolute Gasteiger partial charge is 0.0261 e. The van der Waals surface area contributed by atoms with E-state index in [2.05, 4.69) is 47.8 Å². The minimum Gasteiger partial charge on any atom is -0.306 e. The number of likely N-dealkylation sites (N-methyl/N-ethyl adjacent to an activating group) is 2. The first-order chi connectivity index (χ1) is 10.1. The van der Waals surface area contributed by atoms with Crippen LogP contribution < -0.4 is 0 Å². The van der Waals surface area contributed by atoms with Crippen molar-refractivity contribution in [3.05, 3.63) is 0 Å². The highest BCUT2D eigenvalue weighted by Gasteiger charge is 2.38. The molecule has 4 heteroatoms. The summed E-state index contributed by atoms with van der Waals surface area (Å²) in [6.07, 6.45) is 5.58. The van der Waals surface area contributed by atoms with Gasteiger partial charge in [0.15, 0.2) is 0 Å². The molecule has 0 aromatic heterocycles. The van der Waals surface area contributed by atoms with Gasteiger partial charge >= 0.3 is 0 Å². The molecular weight excluding hydrogens is 260 g/mol. The quantitative estimate of drug-likeness (QED) is 0.662. The van der Waals surface area contributed by atoms with Gasteiger partial charge in [0.2, 0.25) is 0 Å². The number of fused-ring (bicyclic) bond motifs is 2. The minimum absolute atomic E-state index is 0.880. The molecule has 4 unspecified atom stereocenters. The summed E-state index contributed by atoms with van der Waals surface area (Å²) in [6.45, 7) is 6.56. The van der Waals surface area contributed by atoms with Crippen molar-refractivity contribution in [2.45, 2.75) is 43.8 Å². The standard InChI is InChI=1S/C9H18N2.C8H16N2/c1-10-5-4-9-8(7-10)3-6-11(9)2;1-9-5-3-8-7(9)4-6-10(8)2/h8-9H,3-7H2,1-2H3;7-8H,3-6H2,1-2H3. The molecule has 4 aliphatic rings. The molecular formula is C17H34N4. The molecule has 0 amide bonds. The molecule has 0 bridgehead atoms. The van der Waals surface area contributed by atoms with Crippen molar-refractivity contribution < 1.29 is 0 Å². The van der Waals surface area contributed by atoms with Gasteiger partial charge in [0.25, 0.3) is 0 Å². The normalized spacial score (nSPS) is 41.7. The number of hydrogen-bond acceptors (Lipinski definition) is 4. The summed E-state index contributed by atoms with van der Waals surface area (Å²) < 4.78 is 0. The highest BCUT2D eigenvalue weighted by molar-refractivity contribution is 4.96. The van der Waals surface area contributed by atoms with Crippen LogP contribution in [0.2, 0.25) is 0 Å². The average molecular weight is 294 g/mol. The molecule has 0 spiro atoms. The maximum Gasteiger partial charge on any atom is 0.0261 e. The lowest BCUT2D eigenvalue weighted by molar-refractivity contribution is 0.145. The van der Waals surface area contributed by atoms with Gasteiger partial charge in [-0.1, -0.05) is 0 Å². The highest BCUT2D eigenvalue weighted by Crippen LogP contribution is 2.29. The summed E-state index contributed by atoms with van der Waals surface area (Å²) in [7, 11) is 9.03. The van der Waals surface area contributed by atoms with Crippen molar-refractivity contribution in [1.29, 1.82) is 0 Å². The van der Waals surface area contributed by atoms with Gasteiger partial charge in [0.05, 0.1) is 0 Å². The first kappa shape index (κ1) is 15.7. The van der Waals surface area contributed by atoms with Crippen molar-refractivity contribution in [2.24, 2.45) is 5.92 Å². The molecule has 4 nitrogen and oxygen atoms in total. The number of rotatable bonds is 0. The third kappa shape index (κ3) is 3.29. The predicted molar refractivity (Wildman–Crippen MR) is 88.7 cm³/mol. The molecule has 0 N–H and O–H groups in total. The zero-order chi connectivity index (χ0) is 15.0. The van der Waals surface area contributed by atoms with Crippen LogP contribution in [0.3, 0.4) is 0 Å². The van der Waals surface area contributed by atoms with Crippen LogP contribution in [0.15, 0.2) is 0 Å². The lowest BCUT2D eigenvalue weighted by Crippen LogP contribution is -2.43. The third-order valence-electron chi connectivity index (χ3n) is 6.45. The Morgan fingerprint density at radius 1 is 0.571 bits per heavy atom. The molecule has 4 atom stereocenters. The Morgan fingerprint density at radius 2 is 1.05 bits per heavy atom. The Labute approximate surface area is 131 Å². The fraction of sp³-hybridized carbons (Fsp3) is 1.00. The molecule has 0 aliphatic carbocycles. The Morgan fingerprint density at radius 3 is 1.67 bits per heavy atom. The SMILES string of the molecule is CN1CCC2C(CCN2C)C1.CN1CCC2C1CCN2C. The second-order valence-electron chi connectivity index (χ2n) is 7.82. The van der Waals surface area contributed by atoms with Crippen LogP contribution >= 0.6 is 0 Å². The van der Waals surface area contributed by atoms with Gasteiger partial charge in [0, 0.05) is 24.7 Å². The molecule has 4 fully saturated rings. The van der Waals surface area contributed by atoms with E-state index >= 15 is 0 Å². The Balaban J connectivity index is 0.000000126. The Bertz CT molecular complexity index is 332. The largest absolute Gasteiger partial charge is 0.306 e. The second kappa shape index (κ2) is 6.53. The summed E-state index contributed by atoms with van der Waals surface area (Å²) in [5.74, 6) is 0.971. The summed E-state index contributed by atoms with van der Waals surface area (Å²) in [6, 6.07) is 2.67. The molecule has 4 heterocycles. The Hall–Kier alpha value is -0.160. The molecule has 4 saturated heterocycles. The zero-order valence-corrected chi connectivity index (χ0v) is 14.5. The van der Waals surface area contributed by atoms with Crippen LogP contribution in [0.1, 0.15) is 25.7 Å². The van der Waals surface area contributed by atoms with Crippen molar-refractivity contribution in [3.63, 3.8) is 0 Å². The van der Waals surface area contributed by atoms with Gasteiger partial charge in [-0.25, -0.2) is 0 Å². The van der Waals surface area contributed by atoms with Crippen LogP contribution in [0.4, 0.5) is 0 Å². The molecule has 0 aromatic rings. The number of likely N-dealkylation sites (tertiary alicyclic amines) is 4. The lowest BCUT2D eigenvalue weighted by Gasteiger charge is -2.34. The van der Waals surface area contributed by atoms with Crippen molar-refractivity contribution in [3.8, 4) is 0 Å². The zero-order valence-electron chi connectivity index (χ0n) is 14.5. The van der Waals surface area contributed by atoms with Gasteiger partial charge in [-0.15, -0.1) is 0 Å². The third-order valence-corrected chi connectivity index (χ3v) is 6.45. The molecule has 0 radical (unpaired) electrons. The molecule has 0 saturated carbocycles. The van der Waals surface area contributed by atoms with Gasteiger partial charge in [0.1, 0.15) is 0 Å². The molecule has 21 heavy (non-hydrogen) atoms. The van der Waals surface area contributed by atoms with Crippen molar-refractivity contribution in [2.75, 3.05) is 60.9 Å². The van der Waals surface area contributed by atoms with E-state index in [9.17, 15) is 0 Å². The summed E-state index contributed by atoms with van der Waals surface area (Å²) in [5, 5.41) is 0. The lowest BCUT2D eigenvalue weighted by atomic mass is 9.93. The van der Waals surface area contributed by atoms with Crippen LogP contribution in [0, 0.1) is 5.92 Å². The van der Waals surface area contributed by atoms with E-state index in [0.717, 1.165) is 24.0 Å². The number of hydrogen-bond donors (Lipinski definition) is 0. The van der Waals surface area contributed by atoms with Gasteiger partial charge in [-0.3, -0.25) is 0 Å². The van der Waals surface area contributed by atoms with E-state index in [1.165, 1.54) is 58.4 Å². The fourth-order valence-corrected chi connectivity index (χ4v) is 5.02. The van der Waals surface area contributed by atoms with Crippen LogP contribution in [-0.4, -0.2) is 98.6 Å². The van der Waals surface area contributed by atoms with E-state index in [-0.39, 0.29) is 0 Å². The summed E-state index contributed by atoms with van der Waals surface area (Å²) in [5.41, 5.74) is 0. The molecule has 4 aliphatic heterocycles. The maximum absolute atomic E-state index is 2.54.